The fourth-order valence-electron chi connectivity index (χ4n) is 1.76. The molecule has 1 unspecified atom stereocenters. The molecule has 0 saturated carbocycles. The summed E-state index contributed by atoms with van der Waals surface area (Å²) in [5.41, 5.74) is 1.52. The Hall–Kier alpha value is 0.100. The first kappa shape index (κ1) is 16.1. The molecule has 0 aliphatic carbocycles. The van der Waals surface area contributed by atoms with Gasteiger partial charge < -0.3 is 5.73 Å². The van der Waals surface area contributed by atoms with E-state index >= 15 is 0 Å². The van der Waals surface area contributed by atoms with Crippen molar-refractivity contribution in [1.29, 1.82) is 0 Å². The van der Waals surface area contributed by atoms with Gasteiger partial charge in [-0.25, -0.2) is 0 Å². The largest absolute Gasteiger partial charge is 0.441 e. The highest BCUT2D eigenvalue weighted by atomic mass is 32.2. The lowest BCUT2D eigenvalue weighted by molar-refractivity contribution is -0.0329. The van der Waals surface area contributed by atoms with Crippen molar-refractivity contribution in [2.45, 2.75) is 51.5 Å². The smallest absolute Gasteiger partial charge is 0.330 e. The molecule has 0 aliphatic rings. The number of rotatable bonds is 8. The van der Waals surface area contributed by atoms with E-state index in [1.165, 1.54) is 0 Å². The first-order valence-electron chi connectivity index (χ1n) is 5.80. The van der Waals surface area contributed by atoms with E-state index in [0.29, 0.717) is 13.0 Å². The summed E-state index contributed by atoms with van der Waals surface area (Å²) in [6, 6.07) is 0. The molecule has 0 amide bonds. The number of alkyl halides is 3. The SMILES string of the molecule is CCCCC(CC)(CN)CCSC(F)(F)F. The second-order valence-corrected chi connectivity index (χ2v) is 5.37. The first-order valence-corrected chi connectivity index (χ1v) is 6.78. The second kappa shape index (κ2) is 7.43. The molecule has 0 aromatic heterocycles. The van der Waals surface area contributed by atoms with Crippen molar-refractivity contribution in [2.24, 2.45) is 11.1 Å². The Morgan fingerprint density at radius 2 is 1.75 bits per heavy atom. The minimum absolute atomic E-state index is 0.0691. The number of nitrogens with two attached hydrogens (primary N) is 1. The van der Waals surface area contributed by atoms with Crippen LogP contribution in [0.2, 0.25) is 0 Å². The average molecular weight is 257 g/mol. The van der Waals surface area contributed by atoms with Gasteiger partial charge in [0.15, 0.2) is 0 Å². The molecular formula is C11H22F3NS. The van der Waals surface area contributed by atoms with E-state index in [2.05, 4.69) is 6.92 Å². The molecule has 0 aliphatic heterocycles. The van der Waals surface area contributed by atoms with Crippen LogP contribution in [0, 0.1) is 5.41 Å². The van der Waals surface area contributed by atoms with Gasteiger partial charge in [0.05, 0.1) is 0 Å². The standard InChI is InChI=1S/C11H22F3NS/c1-3-5-6-10(4-2,9-15)7-8-16-11(12,13)14/h3-9,15H2,1-2H3. The average Bonchev–Trinajstić information content (AvgIpc) is 2.22. The van der Waals surface area contributed by atoms with Gasteiger partial charge in [-0.1, -0.05) is 38.5 Å². The van der Waals surface area contributed by atoms with Gasteiger partial charge >= 0.3 is 5.51 Å². The minimum Gasteiger partial charge on any atom is -0.330 e. The summed E-state index contributed by atoms with van der Waals surface area (Å²) < 4.78 is 36.1. The van der Waals surface area contributed by atoms with Crippen LogP contribution in [-0.4, -0.2) is 17.8 Å². The Kier molecular flexibility index (Phi) is 7.48. The molecule has 0 aromatic rings. The van der Waals surface area contributed by atoms with Crippen LogP contribution in [0.3, 0.4) is 0 Å². The molecule has 0 saturated heterocycles. The Bertz CT molecular complexity index is 179. The third-order valence-corrected chi connectivity index (χ3v) is 3.88. The maximum Gasteiger partial charge on any atom is 0.441 e. The van der Waals surface area contributed by atoms with Crippen molar-refractivity contribution >= 4 is 11.8 Å². The monoisotopic (exact) mass is 257 g/mol. The topological polar surface area (TPSA) is 26.0 Å². The zero-order chi connectivity index (χ0) is 12.7. The number of thioether (sulfide) groups is 1. The maximum atomic E-state index is 12.0. The molecule has 1 nitrogen and oxygen atoms in total. The van der Waals surface area contributed by atoms with Crippen molar-refractivity contribution in [3.05, 3.63) is 0 Å². The van der Waals surface area contributed by atoms with Gasteiger partial charge in [-0.2, -0.15) is 13.2 Å². The number of hydrogen-bond acceptors (Lipinski definition) is 2. The third-order valence-electron chi connectivity index (χ3n) is 3.14. The summed E-state index contributed by atoms with van der Waals surface area (Å²) in [7, 11) is 0. The lowest BCUT2D eigenvalue weighted by Crippen LogP contribution is -2.31. The molecule has 5 heteroatoms. The molecule has 0 heterocycles. The second-order valence-electron chi connectivity index (χ2n) is 4.21. The van der Waals surface area contributed by atoms with E-state index in [1.54, 1.807) is 0 Å². The summed E-state index contributed by atoms with van der Waals surface area (Å²) in [6.07, 6.45) is 4.47. The predicted octanol–water partition coefficient (Wildman–Crippen LogP) is 4.17. The van der Waals surface area contributed by atoms with Crippen LogP contribution in [0.4, 0.5) is 13.2 Å². The molecule has 16 heavy (non-hydrogen) atoms. The minimum atomic E-state index is -4.11. The lowest BCUT2D eigenvalue weighted by Gasteiger charge is -2.31. The van der Waals surface area contributed by atoms with Gasteiger partial charge in [-0.15, -0.1) is 0 Å². The van der Waals surface area contributed by atoms with Gasteiger partial charge in [-0.3, -0.25) is 0 Å². The van der Waals surface area contributed by atoms with Gasteiger partial charge in [0.25, 0.3) is 0 Å². The van der Waals surface area contributed by atoms with Gasteiger partial charge in [0.2, 0.25) is 0 Å². The zero-order valence-electron chi connectivity index (χ0n) is 10.1. The van der Waals surface area contributed by atoms with Crippen LogP contribution < -0.4 is 5.73 Å². The van der Waals surface area contributed by atoms with Crippen LogP contribution in [0.25, 0.3) is 0 Å². The van der Waals surface area contributed by atoms with Crippen molar-refractivity contribution in [3.8, 4) is 0 Å². The molecule has 2 N–H and O–H groups in total. The highest BCUT2D eigenvalue weighted by molar-refractivity contribution is 8.00. The maximum absolute atomic E-state index is 12.0. The fourth-order valence-corrected chi connectivity index (χ4v) is 2.53. The molecule has 98 valence electrons. The predicted molar refractivity (Wildman–Crippen MR) is 64.4 cm³/mol. The summed E-state index contributed by atoms with van der Waals surface area (Å²) in [5.74, 6) is 0.123. The van der Waals surface area contributed by atoms with Crippen LogP contribution >= 0.6 is 11.8 Å². The van der Waals surface area contributed by atoms with Crippen LogP contribution in [0.15, 0.2) is 0 Å². The Morgan fingerprint density at radius 3 is 2.12 bits per heavy atom. The number of hydrogen-bond donors (Lipinski definition) is 1. The van der Waals surface area contributed by atoms with Crippen molar-refractivity contribution in [2.75, 3.05) is 12.3 Å². The summed E-state index contributed by atoms with van der Waals surface area (Å²) in [4.78, 5) is 0. The zero-order valence-corrected chi connectivity index (χ0v) is 10.9. The summed E-state index contributed by atoms with van der Waals surface area (Å²) in [5, 5.41) is 0. The molecule has 0 bridgehead atoms. The number of halogens is 3. The molecule has 0 fully saturated rings. The summed E-state index contributed by atoms with van der Waals surface area (Å²) in [6.45, 7) is 4.59. The molecule has 0 rings (SSSR count). The van der Waals surface area contributed by atoms with Crippen molar-refractivity contribution in [1.82, 2.24) is 0 Å². The molecule has 0 radical (unpaired) electrons. The van der Waals surface area contributed by atoms with Crippen LogP contribution in [-0.2, 0) is 0 Å². The molecule has 0 spiro atoms. The van der Waals surface area contributed by atoms with Crippen molar-refractivity contribution in [3.63, 3.8) is 0 Å². The Labute approximate surface area is 100 Å². The van der Waals surface area contributed by atoms with E-state index < -0.39 is 5.51 Å². The third kappa shape index (κ3) is 6.63. The molecule has 1 atom stereocenters. The van der Waals surface area contributed by atoms with Crippen molar-refractivity contribution < 1.29 is 13.2 Å². The van der Waals surface area contributed by atoms with Gasteiger partial charge in [-0.05, 0) is 31.2 Å². The highest BCUT2D eigenvalue weighted by Gasteiger charge is 2.31. The Morgan fingerprint density at radius 1 is 1.12 bits per heavy atom. The van der Waals surface area contributed by atoms with Gasteiger partial charge in [0.1, 0.15) is 0 Å². The van der Waals surface area contributed by atoms with Crippen LogP contribution in [0.1, 0.15) is 46.0 Å². The van der Waals surface area contributed by atoms with E-state index in [0.717, 1.165) is 25.7 Å². The van der Waals surface area contributed by atoms with E-state index in [-0.39, 0.29) is 22.9 Å². The van der Waals surface area contributed by atoms with Gasteiger partial charge in [0, 0.05) is 5.75 Å². The lowest BCUT2D eigenvalue weighted by atomic mass is 9.78. The Balaban J connectivity index is 4.11. The molecular weight excluding hydrogens is 235 g/mol. The number of unbranched alkanes of at least 4 members (excludes halogenated alkanes) is 1. The fraction of sp³-hybridized carbons (Fsp3) is 1.00. The van der Waals surface area contributed by atoms with E-state index in [9.17, 15) is 13.2 Å². The molecule has 0 aromatic carbocycles. The summed E-state index contributed by atoms with van der Waals surface area (Å²) >= 11 is 0.0691. The highest BCUT2D eigenvalue weighted by Crippen LogP contribution is 2.37. The van der Waals surface area contributed by atoms with E-state index in [1.807, 2.05) is 6.92 Å². The first-order chi connectivity index (χ1) is 7.39. The normalized spacial score (nSPS) is 16.1. The van der Waals surface area contributed by atoms with E-state index in [4.69, 9.17) is 5.73 Å². The van der Waals surface area contributed by atoms with Crippen LogP contribution in [0.5, 0.6) is 0 Å². The quantitative estimate of drug-likeness (QED) is 0.706.